The molecule has 1 amide bonds. The molecule has 1 N–H and O–H groups in total. The lowest BCUT2D eigenvalue weighted by atomic mass is 10.3. The van der Waals surface area contributed by atoms with E-state index in [1.54, 1.807) is 29.5 Å². The van der Waals surface area contributed by atoms with Gasteiger partial charge in [-0.15, -0.1) is 10.2 Å². The highest BCUT2D eigenvalue weighted by Crippen LogP contribution is 2.15. The minimum absolute atomic E-state index is 0.214. The zero-order valence-corrected chi connectivity index (χ0v) is 14.4. The van der Waals surface area contributed by atoms with Crippen molar-refractivity contribution >= 4 is 11.6 Å². The molecule has 1 atom stereocenters. The average Bonchev–Trinajstić information content (AvgIpc) is 3.33. The molecule has 4 heterocycles. The molecule has 0 aromatic carbocycles. The topological polar surface area (TPSA) is 107 Å². The van der Waals surface area contributed by atoms with Crippen LogP contribution in [0.2, 0.25) is 0 Å². The van der Waals surface area contributed by atoms with Crippen LogP contribution in [0.1, 0.15) is 18.8 Å². The zero-order chi connectivity index (χ0) is 18.8. The number of furan rings is 1. The summed E-state index contributed by atoms with van der Waals surface area (Å²) < 4.78 is 8.17. The Labute approximate surface area is 153 Å². The van der Waals surface area contributed by atoms with Crippen LogP contribution in [0.5, 0.6) is 0 Å². The van der Waals surface area contributed by atoms with Crippen molar-refractivity contribution in [1.82, 2.24) is 29.7 Å². The number of pyridine rings is 1. The molecule has 0 unspecified atom stereocenters. The van der Waals surface area contributed by atoms with Crippen molar-refractivity contribution < 1.29 is 9.21 Å². The summed E-state index contributed by atoms with van der Waals surface area (Å²) in [6.07, 6.45) is 3.34. The molecule has 9 nitrogen and oxygen atoms in total. The van der Waals surface area contributed by atoms with Crippen molar-refractivity contribution in [3.8, 4) is 11.5 Å². The second kappa shape index (κ2) is 6.87. The predicted molar refractivity (Wildman–Crippen MR) is 95.7 cm³/mol. The number of rotatable bonds is 5. The summed E-state index contributed by atoms with van der Waals surface area (Å²) in [7, 11) is 0. The van der Waals surface area contributed by atoms with Crippen molar-refractivity contribution in [2.24, 2.45) is 0 Å². The highest BCUT2D eigenvalue weighted by Gasteiger charge is 2.17. The smallest absolute Gasteiger partial charge is 0.267 e. The normalized spacial score (nSPS) is 12.2. The van der Waals surface area contributed by atoms with Gasteiger partial charge in [-0.2, -0.15) is 5.10 Å². The molecule has 0 saturated carbocycles. The van der Waals surface area contributed by atoms with E-state index in [1.807, 2.05) is 24.4 Å². The van der Waals surface area contributed by atoms with Crippen molar-refractivity contribution in [3.05, 3.63) is 71.1 Å². The first-order chi connectivity index (χ1) is 13.1. The number of aromatic nitrogens is 5. The number of nitrogens with zero attached hydrogens (tertiary/aromatic N) is 5. The Morgan fingerprint density at radius 2 is 2.07 bits per heavy atom. The Morgan fingerprint density at radius 3 is 2.89 bits per heavy atom. The van der Waals surface area contributed by atoms with Crippen LogP contribution in [-0.4, -0.2) is 30.3 Å². The van der Waals surface area contributed by atoms with Gasteiger partial charge in [0.15, 0.2) is 17.2 Å². The number of hydrogen-bond acceptors (Lipinski definition) is 6. The van der Waals surface area contributed by atoms with Gasteiger partial charge in [0.1, 0.15) is 12.2 Å². The molecule has 9 heteroatoms. The Kier molecular flexibility index (Phi) is 4.25. The number of carbonyl (C=O) groups excluding carboxylic acids is 1. The van der Waals surface area contributed by atoms with Crippen LogP contribution >= 0.6 is 0 Å². The fourth-order valence-corrected chi connectivity index (χ4v) is 2.76. The Morgan fingerprint density at radius 1 is 1.19 bits per heavy atom. The highest BCUT2D eigenvalue weighted by atomic mass is 16.3. The lowest BCUT2D eigenvalue weighted by molar-refractivity contribution is -0.122. The van der Waals surface area contributed by atoms with Gasteiger partial charge in [0.25, 0.3) is 5.56 Å². The van der Waals surface area contributed by atoms with Gasteiger partial charge in [-0.25, -0.2) is 4.68 Å². The first-order valence-corrected chi connectivity index (χ1v) is 8.33. The summed E-state index contributed by atoms with van der Waals surface area (Å²) >= 11 is 0. The van der Waals surface area contributed by atoms with Gasteiger partial charge < -0.3 is 9.73 Å². The molecule has 136 valence electrons. The number of carbonyl (C=O) groups is 1. The molecule has 0 aliphatic heterocycles. The van der Waals surface area contributed by atoms with E-state index in [-0.39, 0.29) is 24.1 Å². The highest BCUT2D eigenvalue weighted by molar-refractivity contribution is 5.76. The molecule has 27 heavy (non-hydrogen) atoms. The van der Waals surface area contributed by atoms with E-state index < -0.39 is 0 Å². The van der Waals surface area contributed by atoms with Gasteiger partial charge >= 0.3 is 0 Å². The first-order valence-electron chi connectivity index (χ1n) is 8.33. The van der Waals surface area contributed by atoms with Crippen LogP contribution in [-0.2, 0) is 11.3 Å². The maximum atomic E-state index is 12.4. The summed E-state index contributed by atoms with van der Waals surface area (Å²) in [4.78, 5) is 24.4. The number of nitrogens with one attached hydrogen (secondary N) is 1. The van der Waals surface area contributed by atoms with E-state index in [0.717, 1.165) is 4.68 Å². The van der Waals surface area contributed by atoms with Crippen molar-refractivity contribution in [1.29, 1.82) is 0 Å². The van der Waals surface area contributed by atoms with Crippen molar-refractivity contribution in [2.45, 2.75) is 19.5 Å². The largest absolute Gasteiger partial charge is 0.463 e. The zero-order valence-electron chi connectivity index (χ0n) is 14.4. The Hall–Kier alpha value is -3.75. The van der Waals surface area contributed by atoms with Crippen LogP contribution < -0.4 is 10.9 Å². The molecule has 4 aromatic rings. The monoisotopic (exact) mass is 364 g/mol. The second-order valence-corrected chi connectivity index (χ2v) is 5.97. The molecule has 4 rings (SSSR count). The fraction of sp³-hybridized carbons (Fsp3) is 0.167. The van der Waals surface area contributed by atoms with Crippen LogP contribution in [0, 0.1) is 0 Å². The molecular formula is C18H16N6O3. The van der Waals surface area contributed by atoms with Crippen LogP contribution in [0.3, 0.4) is 0 Å². The molecule has 0 fully saturated rings. The SMILES string of the molecule is C[C@@H](NC(=O)Cn1nc(-c2ccco2)ccc1=O)c1nnc2ccccn12. The van der Waals surface area contributed by atoms with Crippen LogP contribution in [0.15, 0.2) is 64.1 Å². The summed E-state index contributed by atoms with van der Waals surface area (Å²) in [6.45, 7) is 1.59. The Bertz CT molecular complexity index is 1150. The summed E-state index contributed by atoms with van der Waals surface area (Å²) in [5.74, 6) is 0.762. The summed E-state index contributed by atoms with van der Waals surface area (Å²) in [6, 6.07) is 11.5. The number of amides is 1. The molecule has 0 aliphatic rings. The first kappa shape index (κ1) is 16.7. The van der Waals surface area contributed by atoms with E-state index in [0.29, 0.717) is 22.9 Å². The van der Waals surface area contributed by atoms with Gasteiger partial charge in [0.2, 0.25) is 5.91 Å². The fourth-order valence-electron chi connectivity index (χ4n) is 2.76. The molecule has 0 aliphatic carbocycles. The van der Waals surface area contributed by atoms with Crippen molar-refractivity contribution in [3.63, 3.8) is 0 Å². The van der Waals surface area contributed by atoms with Gasteiger partial charge in [-0.1, -0.05) is 6.07 Å². The quantitative estimate of drug-likeness (QED) is 0.574. The molecule has 0 bridgehead atoms. The summed E-state index contributed by atoms with van der Waals surface area (Å²) in [5, 5.41) is 15.2. The molecule has 0 spiro atoms. The van der Waals surface area contributed by atoms with Gasteiger partial charge in [0.05, 0.1) is 12.3 Å². The lowest BCUT2D eigenvalue weighted by Crippen LogP contribution is -2.35. The third-order valence-electron chi connectivity index (χ3n) is 4.04. The van der Waals surface area contributed by atoms with E-state index in [2.05, 4.69) is 20.6 Å². The maximum Gasteiger partial charge on any atom is 0.267 e. The van der Waals surface area contributed by atoms with Crippen LogP contribution in [0.25, 0.3) is 17.1 Å². The predicted octanol–water partition coefficient (Wildman–Crippen LogP) is 1.42. The minimum atomic E-state index is -0.390. The molecule has 4 aromatic heterocycles. The number of hydrogen-bond donors (Lipinski definition) is 1. The minimum Gasteiger partial charge on any atom is -0.463 e. The van der Waals surface area contributed by atoms with Crippen molar-refractivity contribution in [2.75, 3.05) is 0 Å². The van der Waals surface area contributed by atoms with E-state index in [9.17, 15) is 9.59 Å². The third-order valence-corrected chi connectivity index (χ3v) is 4.04. The lowest BCUT2D eigenvalue weighted by Gasteiger charge is -2.13. The van der Waals surface area contributed by atoms with Gasteiger partial charge in [-0.3, -0.25) is 14.0 Å². The Balaban J connectivity index is 1.51. The van der Waals surface area contributed by atoms with Gasteiger partial charge in [-0.05, 0) is 37.3 Å². The van der Waals surface area contributed by atoms with Gasteiger partial charge in [0, 0.05) is 12.3 Å². The molecular weight excluding hydrogens is 348 g/mol. The molecule has 0 saturated heterocycles. The summed E-state index contributed by atoms with van der Waals surface area (Å²) in [5.41, 5.74) is 0.794. The standard InChI is InChI=1S/C18H16N6O3/c1-12(18-21-20-15-6-2-3-9-23(15)18)19-16(25)11-24-17(26)8-7-13(22-24)14-5-4-10-27-14/h2-10,12H,11H2,1H3,(H,19,25)/t12-/m1/s1. The third kappa shape index (κ3) is 3.34. The number of fused-ring (bicyclic) bond motifs is 1. The van der Waals surface area contributed by atoms with E-state index in [1.165, 1.54) is 12.3 Å². The average molecular weight is 364 g/mol. The van der Waals surface area contributed by atoms with E-state index >= 15 is 0 Å². The molecule has 0 radical (unpaired) electrons. The van der Waals surface area contributed by atoms with E-state index in [4.69, 9.17) is 4.42 Å². The van der Waals surface area contributed by atoms with Crippen LogP contribution in [0.4, 0.5) is 0 Å². The maximum absolute atomic E-state index is 12.4. The second-order valence-electron chi connectivity index (χ2n) is 5.97.